The third-order valence-corrected chi connectivity index (χ3v) is 6.34. The molecule has 8 heteroatoms. The average Bonchev–Trinajstić information content (AvgIpc) is 2.90. The molecule has 1 aliphatic rings. The zero-order chi connectivity index (χ0) is 26.1. The Balaban J connectivity index is 2.08. The summed E-state index contributed by atoms with van der Waals surface area (Å²) in [6, 6.07) is 0. The largest absolute Gasteiger partial charge is 0.463 e. The molecular weight excluding hydrogens is 464 g/mol. The van der Waals surface area contributed by atoms with Gasteiger partial charge in [-0.25, -0.2) is 0 Å². The van der Waals surface area contributed by atoms with Gasteiger partial charge in [0, 0.05) is 13.2 Å². The van der Waals surface area contributed by atoms with Crippen LogP contribution in [0.1, 0.15) is 90.9 Å². The van der Waals surface area contributed by atoms with E-state index in [1.54, 1.807) is 0 Å². The smallest absolute Gasteiger partial charge is 0.309 e. The van der Waals surface area contributed by atoms with Crippen molar-refractivity contribution in [2.24, 2.45) is 11.8 Å². The monoisotopic (exact) mass is 516 g/mol. The molecule has 8 nitrogen and oxygen atoms in total. The average molecular weight is 517 g/mol. The number of carbonyl (C=O) groups is 2. The van der Waals surface area contributed by atoms with Crippen molar-refractivity contribution in [1.29, 1.82) is 0 Å². The first-order chi connectivity index (χ1) is 17.7. The van der Waals surface area contributed by atoms with Crippen molar-refractivity contribution in [1.82, 2.24) is 0 Å². The van der Waals surface area contributed by atoms with Gasteiger partial charge in [0.1, 0.15) is 13.2 Å². The number of carbonyl (C=O) groups excluding carboxylic acids is 2. The van der Waals surface area contributed by atoms with Gasteiger partial charge in [-0.05, 0) is 25.7 Å². The van der Waals surface area contributed by atoms with Gasteiger partial charge in [0.05, 0.1) is 51.5 Å². The molecule has 0 aromatic rings. The first-order valence-electron chi connectivity index (χ1n) is 14.3. The molecular formula is C28H52O8. The van der Waals surface area contributed by atoms with Crippen LogP contribution in [0.15, 0.2) is 0 Å². The molecule has 212 valence electrons. The lowest BCUT2D eigenvalue weighted by molar-refractivity contribution is -0.164. The number of ether oxygens (including phenoxy) is 6. The Kier molecular flexibility index (Phi) is 22.0. The fraction of sp³-hybridized carbons (Fsp3) is 0.929. The fourth-order valence-corrected chi connectivity index (χ4v) is 4.22. The Morgan fingerprint density at radius 2 is 0.861 bits per heavy atom. The molecule has 1 aliphatic carbocycles. The molecule has 36 heavy (non-hydrogen) atoms. The first-order valence-corrected chi connectivity index (χ1v) is 14.3. The summed E-state index contributed by atoms with van der Waals surface area (Å²) >= 11 is 0. The Labute approximate surface area is 219 Å². The molecule has 2 unspecified atom stereocenters. The molecule has 1 fully saturated rings. The summed E-state index contributed by atoms with van der Waals surface area (Å²) in [7, 11) is 0. The lowest BCUT2D eigenvalue weighted by Crippen LogP contribution is -2.35. The van der Waals surface area contributed by atoms with Crippen molar-refractivity contribution in [2.75, 3.05) is 66.1 Å². The molecule has 0 aromatic carbocycles. The second-order valence-corrected chi connectivity index (χ2v) is 9.40. The van der Waals surface area contributed by atoms with Gasteiger partial charge in [-0.1, -0.05) is 65.2 Å². The van der Waals surface area contributed by atoms with Gasteiger partial charge in [0.15, 0.2) is 0 Å². The van der Waals surface area contributed by atoms with Crippen LogP contribution in [-0.2, 0) is 38.0 Å². The predicted octanol–water partition coefficient (Wildman–Crippen LogP) is 5.11. The van der Waals surface area contributed by atoms with Crippen LogP contribution in [0, 0.1) is 11.8 Å². The molecule has 0 N–H and O–H groups in total. The third-order valence-electron chi connectivity index (χ3n) is 6.34. The second-order valence-electron chi connectivity index (χ2n) is 9.40. The van der Waals surface area contributed by atoms with Crippen molar-refractivity contribution in [3.8, 4) is 0 Å². The van der Waals surface area contributed by atoms with Crippen LogP contribution in [0.5, 0.6) is 0 Å². The fourth-order valence-electron chi connectivity index (χ4n) is 4.22. The summed E-state index contributed by atoms with van der Waals surface area (Å²) < 4.78 is 32.8. The molecule has 0 aliphatic heterocycles. The minimum absolute atomic E-state index is 0.183. The normalized spacial score (nSPS) is 17.7. The van der Waals surface area contributed by atoms with Crippen LogP contribution in [0.3, 0.4) is 0 Å². The number of rotatable bonds is 24. The van der Waals surface area contributed by atoms with E-state index in [1.165, 1.54) is 38.5 Å². The van der Waals surface area contributed by atoms with Gasteiger partial charge >= 0.3 is 11.9 Å². The Bertz CT molecular complexity index is 482. The summed E-state index contributed by atoms with van der Waals surface area (Å²) in [5.74, 6) is -1.56. The maximum Gasteiger partial charge on any atom is 0.309 e. The van der Waals surface area contributed by atoms with E-state index in [0.717, 1.165) is 38.9 Å². The van der Waals surface area contributed by atoms with Gasteiger partial charge in [0.25, 0.3) is 0 Å². The van der Waals surface area contributed by atoms with Gasteiger partial charge in [-0.2, -0.15) is 0 Å². The van der Waals surface area contributed by atoms with E-state index in [2.05, 4.69) is 13.8 Å². The number of unbranched alkanes of at least 4 members (excludes halogenated alkanes) is 6. The minimum atomic E-state index is -0.445. The highest BCUT2D eigenvalue weighted by Gasteiger charge is 2.37. The van der Waals surface area contributed by atoms with Crippen LogP contribution in [-0.4, -0.2) is 78.0 Å². The van der Waals surface area contributed by atoms with Gasteiger partial charge in [-0.3, -0.25) is 9.59 Å². The molecule has 0 saturated heterocycles. The van der Waals surface area contributed by atoms with E-state index in [0.29, 0.717) is 52.5 Å². The Hall–Kier alpha value is -1.22. The van der Waals surface area contributed by atoms with Crippen LogP contribution in [0.2, 0.25) is 0 Å². The maximum atomic E-state index is 12.6. The van der Waals surface area contributed by atoms with E-state index in [4.69, 9.17) is 28.4 Å². The molecule has 1 rings (SSSR count). The van der Waals surface area contributed by atoms with Gasteiger partial charge in [0.2, 0.25) is 0 Å². The standard InChI is InChI=1S/C28H52O8/c1-3-5-7-11-15-31-17-19-33-21-23-35-27(29)25-13-9-10-14-26(25)28(30)36-24-22-34-20-18-32-16-12-8-6-4-2/h25-26H,3-24H2,1-2H3. The Morgan fingerprint density at radius 3 is 1.25 bits per heavy atom. The van der Waals surface area contributed by atoms with Crippen LogP contribution < -0.4 is 0 Å². The summed E-state index contributed by atoms with van der Waals surface area (Å²) in [6.07, 6.45) is 12.6. The van der Waals surface area contributed by atoms with Gasteiger partial charge in [-0.15, -0.1) is 0 Å². The predicted molar refractivity (Wildman–Crippen MR) is 139 cm³/mol. The minimum Gasteiger partial charge on any atom is -0.463 e. The number of hydrogen-bond donors (Lipinski definition) is 0. The van der Waals surface area contributed by atoms with Crippen molar-refractivity contribution in [3.63, 3.8) is 0 Å². The van der Waals surface area contributed by atoms with E-state index < -0.39 is 11.8 Å². The zero-order valence-corrected chi connectivity index (χ0v) is 23.0. The van der Waals surface area contributed by atoms with Crippen LogP contribution in [0.25, 0.3) is 0 Å². The zero-order valence-electron chi connectivity index (χ0n) is 23.0. The van der Waals surface area contributed by atoms with E-state index >= 15 is 0 Å². The topological polar surface area (TPSA) is 89.5 Å². The summed E-state index contributed by atoms with van der Waals surface area (Å²) in [4.78, 5) is 25.2. The van der Waals surface area contributed by atoms with Crippen molar-refractivity contribution >= 4 is 11.9 Å². The van der Waals surface area contributed by atoms with Crippen LogP contribution >= 0.6 is 0 Å². The lowest BCUT2D eigenvalue weighted by atomic mass is 9.79. The summed E-state index contributed by atoms with van der Waals surface area (Å²) in [6.45, 7) is 8.98. The number of hydrogen-bond acceptors (Lipinski definition) is 8. The van der Waals surface area contributed by atoms with Crippen molar-refractivity contribution < 1.29 is 38.0 Å². The quantitative estimate of drug-likeness (QED) is 0.129. The van der Waals surface area contributed by atoms with E-state index in [1.807, 2.05) is 0 Å². The summed E-state index contributed by atoms with van der Waals surface area (Å²) in [5.41, 5.74) is 0. The highest BCUT2D eigenvalue weighted by atomic mass is 16.6. The Morgan fingerprint density at radius 1 is 0.500 bits per heavy atom. The molecule has 0 radical (unpaired) electrons. The number of esters is 2. The second kappa shape index (κ2) is 24.1. The SMILES string of the molecule is CCCCCCOCCOCCOC(=O)C1CCCCC1C(=O)OCCOCCOCCCCCC. The molecule has 0 spiro atoms. The van der Waals surface area contributed by atoms with Crippen molar-refractivity contribution in [3.05, 3.63) is 0 Å². The summed E-state index contributed by atoms with van der Waals surface area (Å²) in [5, 5.41) is 0. The van der Waals surface area contributed by atoms with Crippen LogP contribution in [0.4, 0.5) is 0 Å². The van der Waals surface area contributed by atoms with Gasteiger partial charge < -0.3 is 28.4 Å². The molecule has 0 amide bonds. The molecule has 2 atom stereocenters. The van der Waals surface area contributed by atoms with E-state index in [-0.39, 0.29) is 25.2 Å². The molecule has 0 heterocycles. The third kappa shape index (κ3) is 17.3. The highest BCUT2D eigenvalue weighted by Crippen LogP contribution is 2.32. The first kappa shape index (κ1) is 32.8. The van der Waals surface area contributed by atoms with Crippen molar-refractivity contribution in [2.45, 2.75) is 90.9 Å². The van der Waals surface area contributed by atoms with E-state index in [9.17, 15) is 9.59 Å². The molecule has 0 bridgehead atoms. The molecule has 0 aromatic heterocycles. The highest BCUT2D eigenvalue weighted by molar-refractivity contribution is 5.82. The maximum absolute atomic E-state index is 12.6. The molecule has 1 saturated carbocycles. The lowest BCUT2D eigenvalue weighted by Gasteiger charge is -2.28.